The highest BCUT2D eigenvalue weighted by atomic mass is 16.4. The van der Waals surface area contributed by atoms with Crippen LogP contribution in [-0.2, 0) is 9.59 Å². The lowest BCUT2D eigenvalue weighted by molar-refractivity contribution is -0.148. The Kier molecular flexibility index (Phi) is 3.97. The Morgan fingerprint density at radius 2 is 2.14 bits per heavy atom. The second-order valence-electron chi connectivity index (χ2n) is 5.22. The van der Waals surface area contributed by atoms with Gasteiger partial charge in [-0.3, -0.25) is 9.59 Å². The number of aromatic nitrogens is 4. The van der Waals surface area contributed by atoms with E-state index in [-0.39, 0.29) is 12.3 Å². The zero-order valence-electron chi connectivity index (χ0n) is 11.6. The van der Waals surface area contributed by atoms with E-state index in [1.54, 1.807) is 24.3 Å². The van der Waals surface area contributed by atoms with Crippen molar-refractivity contribution in [3.8, 4) is 5.69 Å². The van der Waals surface area contributed by atoms with Gasteiger partial charge in [-0.2, -0.15) is 0 Å². The van der Waals surface area contributed by atoms with Gasteiger partial charge in [0.2, 0.25) is 5.91 Å². The summed E-state index contributed by atoms with van der Waals surface area (Å²) in [5.74, 6) is -1.38. The van der Waals surface area contributed by atoms with Gasteiger partial charge in [0, 0.05) is 12.1 Å². The minimum Gasteiger partial charge on any atom is -0.481 e. The summed E-state index contributed by atoms with van der Waals surface area (Å²) in [6, 6.07) is 6.93. The van der Waals surface area contributed by atoms with Crippen LogP contribution in [0.25, 0.3) is 5.69 Å². The molecule has 1 amide bonds. The molecule has 0 spiro atoms. The second kappa shape index (κ2) is 5.70. The predicted octanol–water partition coefficient (Wildman–Crippen LogP) is 1.10. The van der Waals surface area contributed by atoms with E-state index < -0.39 is 11.4 Å². The lowest BCUT2D eigenvalue weighted by atomic mass is 9.89. The van der Waals surface area contributed by atoms with Gasteiger partial charge in [0.05, 0.1) is 11.1 Å². The summed E-state index contributed by atoms with van der Waals surface area (Å²) in [4.78, 5) is 22.9. The molecule has 8 nitrogen and oxygen atoms in total. The van der Waals surface area contributed by atoms with Crippen LogP contribution >= 0.6 is 0 Å². The molecule has 0 radical (unpaired) electrons. The highest BCUT2D eigenvalue weighted by molar-refractivity contribution is 5.94. The van der Waals surface area contributed by atoms with E-state index >= 15 is 0 Å². The molecular formula is C13H15N5O3. The molecule has 0 aliphatic heterocycles. The number of amides is 1. The number of anilines is 1. The van der Waals surface area contributed by atoms with Gasteiger partial charge in [0.1, 0.15) is 6.33 Å². The van der Waals surface area contributed by atoms with Crippen molar-refractivity contribution in [2.45, 2.75) is 20.3 Å². The van der Waals surface area contributed by atoms with Gasteiger partial charge in [0.15, 0.2) is 0 Å². The van der Waals surface area contributed by atoms with E-state index in [2.05, 4.69) is 20.8 Å². The third-order valence-corrected chi connectivity index (χ3v) is 2.92. The number of carboxylic acids is 1. The average Bonchev–Trinajstić information content (AvgIpc) is 2.91. The number of hydrogen-bond donors (Lipinski definition) is 2. The van der Waals surface area contributed by atoms with Crippen LogP contribution in [0.1, 0.15) is 20.3 Å². The first-order valence-electron chi connectivity index (χ1n) is 6.25. The van der Waals surface area contributed by atoms with E-state index in [1.807, 2.05) is 0 Å². The fourth-order valence-corrected chi connectivity index (χ4v) is 1.69. The number of aliphatic carboxylic acids is 1. The number of tetrazole rings is 1. The number of nitrogens with one attached hydrogen (secondary N) is 1. The molecule has 8 heteroatoms. The lowest BCUT2D eigenvalue weighted by Crippen LogP contribution is -2.29. The fourth-order valence-electron chi connectivity index (χ4n) is 1.69. The standard InChI is InChI=1S/C13H15N5O3/c1-13(2,12(20)21)7-11(19)15-9-4-3-5-10(6-9)18-8-14-16-17-18/h3-6,8H,7H2,1-2H3,(H,15,19)(H,20,21). The third-order valence-electron chi connectivity index (χ3n) is 2.92. The summed E-state index contributed by atoms with van der Waals surface area (Å²) in [5.41, 5.74) is 0.127. The Balaban J connectivity index is 2.08. The summed E-state index contributed by atoms with van der Waals surface area (Å²) < 4.78 is 1.46. The Morgan fingerprint density at radius 3 is 2.76 bits per heavy atom. The van der Waals surface area contributed by atoms with Crippen molar-refractivity contribution in [1.29, 1.82) is 0 Å². The SMILES string of the molecule is CC(C)(CC(=O)Nc1cccc(-n2cnnn2)c1)C(=O)O. The van der Waals surface area contributed by atoms with E-state index in [0.717, 1.165) is 0 Å². The molecule has 1 aromatic heterocycles. The molecule has 0 aliphatic carbocycles. The molecule has 0 unspecified atom stereocenters. The summed E-state index contributed by atoms with van der Waals surface area (Å²) in [6.45, 7) is 3.01. The molecule has 0 aliphatic rings. The number of carbonyl (C=O) groups is 2. The third kappa shape index (κ3) is 3.62. The van der Waals surface area contributed by atoms with Crippen molar-refractivity contribution in [2.24, 2.45) is 5.41 Å². The summed E-state index contributed by atoms with van der Waals surface area (Å²) >= 11 is 0. The molecule has 1 heterocycles. The molecule has 2 aromatic rings. The Labute approximate surface area is 120 Å². The summed E-state index contributed by atoms with van der Waals surface area (Å²) in [5, 5.41) is 22.5. The Hall–Kier alpha value is -2.77. The maximum Gasteiger partial charge on any atom is 0.309 e. The largest absolute Gasteiger partial charge is 0.481 e. The van der Waals surface area contributed by atoms with Gasteiger partial charge < -0.3 is 10.4 Å². The molecule has 21 heavy (non-hydrogen) atoms. The topological polar surface area (TPSA) is 110 Å². The number of carbonyl (C=O) groups excluding carboxylic acids is 1. The number of benzene rings is 1. The quantitative estimate of drug-likeness (QED) is 0.853. The zero-order chi connectivity index (χ0) is 15.5. The lowest BCUT2D eigenvalue weighted by Gasteiger charge is -2.18. The number of hydrogen-bond acceptors (Lipinski definition) is 5. The van der Waals surface area contributed by atoms with Crippen LogP contribution in [-0.4, -0.2) is 37.2 Å². The highest BCUT2D eigenvalue weighted by Gasteiger charge is 2.30. The first kappa shape index (κ1) is 14.6. The maximum absolute atomic E-state index is 11.9. The molecule has 0 saturated carbocycles. The van der Waals surface area contributed by atoms with E-state index in [9.17, 15) is 9.59 Å². The van der Waals surface area contributed by atoms with Gasteiger partial charge >= 0.3 is 5.97 Å². The number of carboxylic acid groups (broad SMARTS) is 1. The minimum absolute atomic E-state index is 0.114. The Morgan fingerprint density at radius 1 is 1.38 bits per heavy atom. The van der Waals surface area contributed by atoms with Crippen molar-refractivity contribution >= 4 is 17.6 Å². The van der Waals surface area contributed by atoms with Crippen LogP contribution in [0.5, 0.6) is 0 Å². The molecule has 0 atom stereocenters. The van der Waals surface area contributed by atoms with Crippen LogP contribution < -0.4 is 5.32 Å². The van der Waals surface area contributed by atoms with Crippen molar-refractivity contribution < 1.29 is 14.7 Å². The predicted molar refractivity (Wildman–Crippen MR) is 73.8 cm³/mol. The van der Waals surface area contributed by atoms with Crippen molar-refractivity contribution in [3.05, 3.63) is 30.6 Å². The molecule has 2 rings (SSSR count). The van der Waals surface area contributed by atoms with Crippen LogP contribution in [0.4, 0.5) is 5.69 Å². The first-order valence-corrected chi connectivity index (χ1v) is 6.25. The molecule has 0 fully saturated rings. The molecule has 0 bridgehead atoms. The average molecular weight is 289 g/mol. The van der Waals surface area contributed by atoms with Crippen molar-refractivity contribution in [2.75, 3.05) is 5.32 Å². The molecule has 2 N–H and O–H groups in total. The van der Waals surface area contributed by atoms with Crippen LogP contribution in [0.2, 0.25) is 0 Å². The highest BCUT2D eigenvalue weighted by Crippen LogP contribution is 2.22. The van der Waals surface area contributed by atoms with Crippen molar-refractivity contribution in [1.82, 2.24) is 20.2 Å². The zero-order valence-corrected chi connectivity index (χ0v) is 11.6. The number of rotatable bonds is 5. The van der Waals surface area contributed by atoms with E-state index in [1.165, 1.54) is 24.9 Å². The van der Waals surface area contributed by atoms with Crippen LogP contribution in [0.15, 0.2) is 30.6 Å². The van der Waals surface area contributed by atoms with E-state index in [0.29, 0.717) is 11.4 Å². The van der Waals surface area contributed by atoms with Crippen molar-refractivity contribution in [3.63, 3.8) is 0 Å². The summed E-state index contributed by atoms with van der Waals surface area (Å²) in [6.07, 6.45) is 1.33. The summed E-state index contributed by atoms with van der Waals surface area (Å²) in [7, 11) is 0. The fraction of sp³-hybridized carbons (Fsp3) is 0.308. The molecule has 0 saturated heterocycles. The normalized spacial score (nSPS) is 11.1. The molecule has 1 aromatic carbocycles. The van der Waals surface area contributed by atoms with Crippen LogP contribution in [0.3, 0.4) is 0 Å². The number of nitrogens with zero attached hydrogens (tertiary/aromatic N) is 4. The Bertz CT molecular complexity index is 652. The van der Waals surface area contributed by atoms with Gasteiger partial charge in [0.25, 0.3) is 0 Å². The minimum atomic E-state index is -1.11. The first-order chi connectivity index (χ1) is 9.88. The monoisotopic (exact) mass is 289 g/mol. The van der Waals surface area contributed by atoms with Gasteiger partial charge in [-0.25, -0.2) is 4.68 Å². The second-order valence-corrected chi connectivity index (χ2v) is 5.22. The van der Waals surface area contributed by atoms with Crippen LogP contribution in [0, 0.1) is 5.41 Å². The van der Waals surface area contributed by atoms with Gasteiger partial charge in [-0.05, 0) is 42.5 Å². The van der Waals surface area contributed by atoms with Gasteiger partial charge in [-0.1, -0.05) is 6.07 Å². The smallest absolute Gasteiger partial charge is 0.309 e. The molecule has 110 valence electrons. The van der Waals surface area contributed by atoms with Gasteiger partial charge in [-0.15, -0.1) is 5.10 Å². The molecular weight excluding hydrogens is 274 g/mol. The van der Waals surface area contributed by atoms with E-state index in [4.69, 9.17) is 5.11 Å². The maximum atomic E-state index is 11.9.